The first-order chi connectivity index (χ1) is 8.86. The first-order valence-electron chi connectivity index (χ1n) is 6.86. The Morgan fingerprint density at radius 1 is 1.26 bits per heavy atom. The van der Waals surface area contributed by atoms with Gasteiger partial charge in [0.1, 0.15) is 0 Å². The number of hydrogen-bond acceptors (Lipinski definition) is 5. The monoisotopic (exact) mass is 291 g/mol. The van der Waals surface area contributed by atoms with Crippen molar-refractivity contribution in [1.82, 2.24) is 4.90 Å². The second-order valence-electron chi connectivity index (χ2n) is 5.37. The standard InChI is InChI=1S/C13H25NO4S/c1-4-14(5-2)8-9-19(16,17)11-13(6-7-13)10-12(15)18-3/h4-11H2,1-3H3. The number of ether oxygens (including phenoxy) is 1. The lowest BCUT2D eigenvalue weighted by molar-refractivity contribution is -0.141. The molecule has 19 heavy (non-hydrogen) atoms. The first-order valence-corrected chi connectivity index (χ1v) is 8.68. The summed E-state index contributed by atoms with van der Waals surface area (Å²) in [6.07, 6.45) is 1.85. The van der Waals surface area contributed by atoms with Crippen LogP contribution in [0.5, 0.6) is 0 Å². The molecule has 0 aromatic carbocycles. The second kappa shape index (κ2) is 6.70. The molecule has 1 saturated carbocycles. The lowest BCUT2D eigenvalue weighted by Gasteiger charge is -2.19. The van der Waals surface area contributed by atoms with Gasteiger partial charge in [0.15, 0.2) is 9.84 Å². The average Bonchev–Trinajstić information content (AvgIpc) is 3.08. The molecule has 0 aromatic rings. The van der Waals surface area contributed by atoms with E-state index >= 15 is 0 Å². The van der Waals surface area contributed by atoms with Crippen LogP contribution in [0.3, 0.4) is 0 Å². The number of esters is 1. The molecule has 0 saturated heterocycles. The van der Waals surface area contributed by atoms with Crippen molar-refractivity contribution in [1.29, 1.82) is 0 Å². The Bertz CT molecular complexity index is 397. The van der Waals surface area contributed by atoms with Crippen LogP contribution >= 0.6 is 0 Å². The van der Waals surface area contributed by atoms with Crippen molar-refractivity contribution in [3.8, 4) is 0 Å². The fourth-order valence-corrected chi connectivity index (χ4v) is 4.28. The molecule has 112 valence electrons. The molecule has 1 fully saturated rings. The predicted molar refractivity (Wildman–Crippen MR) is 74.7 cm³/mol. The maximum absolute atomic E-state index is 12.1. The molecule has 0 aromatic heterocycles. The highest BCUT2D eigenvalue weighted by Crippen LogP contribution is 2.50. The summed E-state index contributed by atoms with van der Waals surface area (Å²) in [7, 11) is -1.75. The van der Waals surface area contributed by atoms with Crippen LogP contribution in [0.1, 0.15) is 33.1 Å². The van der Waals surface area contributed by atoms with Gasteiger partial charge >= 0.3 is 5.97 Å². The van der Waals surface area contributed by atoms with E-state index in [9.17, 15) is 13.2 Å². The quantitative estimate of drug-likeness (QED) is 0.595. The molecule has 0 radical (unpaired) electrons. The third kappa shape index (κ3) is 5.48. The predicted octanol–water partition coefficient (Wildman–Crippen LogP) is 1.09. The van der Waals surface area contributed by atoms with Gasteiger partial charge in [0, 0.05) is 6.54 Å². The third-order valence-electron chi connectivity index (χ3n) is 3.84. The van der Waals surface area contributed by atoms with E-state index in [2.05, 4.69) is 9.64 Å². The second-order valence-corrected chi connectivity index (χ2v) is 7.56. The van der Waals surface area contributed by atoms with Crippen molar-refractivity contribution < 1.29 is 17.9 Å². The average molecular weight is 291 g/mol. The number of hydrogen-bond donors (Lipinski definition) is 0. The van der Waals surface area contributed by atoms with Crippen molar-refractivity contribution in [3.63, 3.8) is 0 Å². The zero-order valence-electron chi connectivity index (χ0n) is 12.1. The summed E-state index contributed by atoms with van der Waals surface area (Å²) in [5, 5.41) is 0. The minimum Gasteiger partial charge on any atom is -0.469 e. The van der Waals surface area contributed by atoms with Gasteiger partial charge in [-0.3, -0.25) is 4.79 Å². The van der Waals surface area contributed by atoms with E-state index < -0.39 is 9.84 Å². The Balaban J connectivity index is 2.48. The number of nitrogens with zero attached hydrogens (tertiary/aromatic N) is 1. The Morgan fingerprint density at radius 2 is 1.84 bits per heavy atom. The van der Waals surface area contributed by atoms with E-state index in [-0.39, 0.29) is 29.3 Å². The number of sulfone groups is 1. The Labute approximate surface area is 116 Å². The van der Waals surface area contributed by atoms with Gasteiger partial charge in [-0.1, -0.05) is 13.8 Å². The summed E-state index contributed by atoms with van der Waals surface area (Å²) in [6.45, 7) is 6.34. The Kier molecular flexibility index (Phi) is 5.80. The van der Waals surface area contributed by atoms with Gasteiger partial charge in [-0.15, -0.1) is 0 Å². The molecule has 5 nitrogen and oxygen atoms in total. The van der Waals surface area contributed by atoms with Gasteiger partial charge in [0.2, 0.25) is 0 Å². The topological polar surface area (TPSA) is 63.7 Å². The van der Waals surface area contributed by atoms with Crippen LogP contribution in [-0.4, -0.2) is 57.5 Å². The SMILES string of the molecule is CCN(CC)CCS(=O)(=O)CC1(CC(=O)OC)CC1. The van der Waals surface area contributed by atoms with E-state index in [1.165, 1.54) is 7.11 Å². The minimum absolute atomic E-state index is 0.121. The van der Waals surface area contributed by atoms with Crippen LogP contribution in [-0.2, 0) is 19.4 Å². The molecule has 0 spiro atoms. The normalized spacial score (nSPS) is 17.5. The zero-order chi connectivity index (χ0) is 14.5. The molecule has 0 heterocycles. The van der Waals surface area contributed by atoms with Crippen LogP contribution in [0.2, 0.25) is 0 Å². The lowest BCUT2D eigenvalue weighted by Crippen LogP contribution is -2.31. The van der Waals surface area contributed by atoms with Gasteiger partial charge in [-0.2, -0.15) is 0 Å². The third-order valence-corrected chi connectivity index (χ3v) is 5.70. The van der Waals surface area contributed by atoms with E-state index in [4.69, 9.17) is 0 Å². The molecule has 0 N–H and O–H groups in total. The van der Waals surface area contributed by atoms with Crippen LogP contribution in [0, 0.1) is 5.41 Å². The molecule has 0 aliphatic heterocycles. The fourth-order valence-electron chi connectivity index (χ4n) is 2.27. The lowest BCUT2D eigenvalue weighted by atomic mass is 10.1. The van der Waals surface area contributed by atoms with E-state index in [0.29, 0.717) is 6.54 Å². The highest BCUT2D eigenvalue weighted by atomic mass is 32.2. The van der Waals surface area contributed by atoms with Crippen LogP contribution in [0.4, 0.5) is 0 Å². The number of rotatable bonds is 9. The van der Waals surface area contributed by atoms with Crippen LogP contribution in [0.15, 0.2) is 0 Å². The van der Waals surface area contributed by atoms with Crippen molar-refractivity contribution in [2.24, 2.45) is 5.41 Å². The van der Waals surface area contributed by atoms with E-state index in [1.54, 1.807) is 0 Å². The molecule has 0 amide bonds. The van der Waals surface area contributed by atoms with Gasteiger partial charge in [-0.05, 0) is 31.3 Å². The summed E-state index contributed by atoms with van der Waals surface area (Å²) in [4.78, 5) is 13.4. The highest BCUT2D eigenvalue weighted by molar-refractivity contribution is 7.91. The summed E-state index contributed by atoms with van der Waals surface area (Å²) in [6, 6.07) is 0. The molecule has 1 rings (SSSR count). The van der Waals surface area contributed by atoms with Gasteiger partial charge in [0.25, 0.3) is 0 Å². The number of carbonyl (C=O) groups excluding carboxylic acids is 1. The number of carbonyl (C=O) groups is 1. The first kappa shape index (κ1) is 16.4. The van der Waals surface area contributed by atoms with Gasteiger partial charge in [0.05, 0.1) is 25.0 Å². The molecular formula is C13H25NO4S. The maximum Gasteiger partial charge on any atom is 0.306 e. The Hall–Kier alpha value is -0.620. The van der Waals surface area contributed by atoms with Crippen molar-refractivity contribution in [2.45, 2.75) is 33.1 Å². The number of methoxy groups -OCH3 is 1. The molecule has 6 heteroatoms. The van der Waals surface area contributed by atoms with Crippen molar-refractivity contribution >= 4 is 15.8 Å². The summed E-state index contributed by atoms with van der Waals surface area (Å²) in [5.41, 5.74) is -0.338. The zero-order valence-corrected chi connectivity index (χ0v) is 13.0. The Morgan fingerprint density at radius 3 is 2.26 bits per heavy atom. The summed E-state index contributed by atoms with van der Waals surface area (Å²) in [5.74, 6) is -0.00927. The molecule has 0 unspecified atom stereocenters. The molecular weight excluding hydrogens is 266 g/mol. The molecule has 1 aliphatic rings. The van der Waals surface area contributed by atoms with Gasteiger partial charge < -0.3 is 9.64 Å². The van der Waals surface area contributed by atoms with Crippen molar-refractivity contribution in [2.75, 3.05) is 38.2 Å². The fraction of sp³-hybridized carbons (Fsp3) is 0.923. The molecule has 0 bridgehead atoms. The van der Waals surface area contributed by atoms with Crippen LogP contribution < -0.4 is 0 Å². The van der Waals surface area contributed by atoms with Crippen LogP contribution in [0.25, 0.3) is 0 Å². The molecule has 0 atom stereocenters. The van der Waals surface area contributed by atoms with E-state index in [0.717, 1.165) is 25.9 Å². The molecule has 1 aliphatic carbocycles. The summed E-state index contributed by atoms with van der Waals surface area (Å²) < 4.78 is 28.9. The summed E-state index contributed by atoms with van der Waals surface area (Å²) >= 11 is 0. The van der Waals surface area contributed by atoms with Gasteiger partial charge in [-0.25, -0.2) is 8.42 Å². The smallest absolute Gasteiger partial charge is 0.306 e. The van der Waals surface area contributed by atoms with Crippen molar-refractivity contribution in [3.05, 3.63) is 0 Å². The highest BCUT2D eigenvalue weighted by Gasteiger charge is 2.47. The maximum atomic E-state index is 12.1. The minimum atomic E-state index is -3.10. The van der Waals surface area contributed by atoms with E-state index in [1.807, 2.05) is 13.8 Å². The largest absolute Gasteiger partial charge is 0.469 e.